The topological polar surface area (TPSA) is 125 Å². The highest BCUT2D eigenvalue weighted by atomic mass is 31.2. The largest absolute Gasteiger partial charge is 0.472 e. The molecule has 314 valence electrons. The van der Waals surface area contributed by atoms with Crippen molar-refractivity contribution in [2.45, 2.75) is 141 Å². The molecule has 55 heavy (non-hydrogen) atoms. The summed E-state index contributed by atoms with van der Waals surface area (Å²) in [7, 11) is 1.47. The van der Waals surface area contributed by atoms with E-state index in [1.807, 2.05) is 63.7 Å². The van der Waals surface area contributed by atoms with E-state index in [0.29, 0.717) is 23.9 Å². The van der Waals surface area contributed by atoms with Crippen molar-refractivity contribution in [3.05, 3.63) is 97.2 Å². The number of carbonyl (C=O) groups is 1. The summed E-state index contributed by atoms with van der Waals surface area (Å²) >= 11 is 0. The van der Waals surface area contributed by atoms with Gasteiger partial charge in [-0.3, -0.25) is 13.8 Å². The lowest BCUT2D eigenvalue weighted by Crippen LogP contribution is -2.45. The van der Waals surface area contributed by atoms with E-state index in [1.54, 1.807) is 12.2 Å². The van der Waals surface area contributed by atoms with Gasteiger partial charge in [0.15, 0.2) is 0 Å². The van der Waals surface area contributed by atoms with E-state index in [2.05, 4.69) is 61.7 Å². The molecule has 0 aromatic heterocycles. The highest BCUT2D eigenvalue weighted by Gasteiger charge is 2.27. The summed E-state index contributed by atoms with van der Waals surface area (Å²) in [5.41, 5.74) is 0. The first-order valence-corrected chi connectivity index (χ1v) is 22.2. The first-order chi connectivity index (χ1) is 26.4. The maximum atomic E-state index is 12.8. The molecule has 10 heteroatoms. The summed E-state index contributed by atoms with van der Waals surface area (Å²) in [5, 5.41) is 23.5. The Hall–Kier alpha value is -2.62. The number of aliphatic hydroxyl groups is 2. The van der Waals surface area contributed by atoms with Crippen LogP contribution in [-0.2, 0) is 18.4 Å². The van der Waals surface area contributed by atoms with Crippen LogP contribution in [0.25, 0.3) is 0 Å². The molecule has 0 saturated heterocycles. The number of aliphatic hydroxyl groups excluding tert-OH is 2. The molecule has 0 aromatic carbocycles. The number of nitrogens with one attached hydrogen (secondary N) is 1. The Labute approximate surface area is 335 Å². The zero-order valence-electron chi connectivity index (χ0n) is 35.0. The van der Waals surface area contributed by atoms with Crippen molar-refractivity contribution >= 4 is 13.7 Å². The molecule has 1 amide bonds. The summed E-state index contributed by atoms with van der Waals surface area (Å²) in [6.45, 7) is 4.44. The number of quaternary nitrogens is 1. The van der Waals surface area contributed by atoms with Crippen LogP contribution in [0, 0.1) is 0 Å². The number of unbranched alkanes of at least 4 members (excludes halogenated alkanes) is 8. The molecule has 9 nitrogen and oxygen atoms in total. The minimum absolute atomic E-state index is 0.0333. The maximum Gasteiger partial charge on any atom is 0.472 e. The average molecular weight is 790 g/mol. The Morgan fingerprint density at radius 3 is 1.91 bits per heavy atom. The number of carbonyl (C=O) groups excluding carboxylic acids is 1. The monoisotopic (exact) mass is 790 g/mol. The maximum absolute atomic E-state index is 12.8. The van der Waals surface area contributed by atoms with E-state index in [9.17, 15) is 24.5 Å². The van der Waals surface area contributed by atoms with Gasteiger partial charge < -0.3 is 24.9 Å². The summed E-state index contributed by atoms with van der Waals surface area (Å²) in [6, 6.07) is -0.907. The summed E-state index contributed by atoms with van der Waals surface area (Å²) in [5.74, 6) is -0.282. The number of nitrogens with zero attached hydrogens (tertiary/aromatic N) is 1. The molecule has 0 radical (unpaired) electrons. The van der Waals surface area contributed by atoms with Gasteiger partial charge in [0.05, 0.1) is 46.0 Å². The fourth-order valence-electron chi connectivity index (χ4n) is 5.03. The Bertz CT molecular complexity index is 1230. The first kappa shape index (κ1) is 52.4. The first-order valence-electron chi connectivity index (χ1n) is 20.7. The predicted molar refractivity (Wildman–Crippen MR) is 232 cm³/mol. The number of phosphoric ester groups is 1. The van der Waals surface area contributed by atoms with Gasteiger partial charge in [-0.05, 0) is 70.6 Å². The van der Waals surface area contributed by atoms with Crippen LogP contribution in [-0.4, -0.2) is 84.6 Å². The fourth-order valence-corrected chi connectivity index (χ4v) is 5.77. The van der Waals surface area contributed by atoms with Crippen LogP contribution in [0.5, 0.6) is 0 Å². The number of hydrogen-bond acceptors (Lipinski definition) is 6. The second-order valence-corrected chi connectivity index (χ2v) is 16.3. The van der Waals surface area contributed by atoms with E-state index < -0.39 is 26.1 Å². The van der Waals surface area contributed by atoms with Gasteiger partial charge in [0.2, 0.25) is 5.91 Å². The molecule has 4 atom stereocenters. The molecular weight excluding hydrogens is 711 g/mol. The normalized spacial score (nSPS) is 16.0. The fraction of sp³-hybridized carbons (Fsp3) is 0.622. The Kier molecular flexibility index (Phi) is 34.1. The van der Waals surface area contributed by atoms with Crippen LogP contribution in [0.2, 0.25) is 0 Å². The molecule has 0 aromatic rings. The molecule has 0 spiro atoms. The third-order valence-electron chi connectivity index (χ3n) is 8.35. The third kappa shape index (κ3) is 38.1. The van der Waals surface area contributed by atoms with Crippen molar-refractivity contribution in [2.24, 2.45) is 0 Å². The Morgan fingerprint density at radius 1 is 0.691 bits per heavy atom. The van der Waals surface area contributed by atoms with Crippen LogP contribution in [0.1, 0.15) is 123 Å². The van der Waals surface area contributed by atoms with Crippen molar-refractivity contribution in [1.29, 1.82) is 0 Å². The molecule has 0 aliphatic rings. The quantitative estimate of drug-likeness (QED) is 0.0166. The van der Waals surface area contributed by atoms with Crippen LogP contribution in [0.4, 0.5) is 0 Å². The van der Waals surface area contributed by atoms with E-state index in [4.69, 9.17) is 9.05 Å². The summed E-state index contributed by atoms with van der Waals surface area (Å²) in [4.78, 5) is 23.0. The number of amides is 1. The van der Waals surface area contributed by atoms with Crippen molar-refractivity contribution in [3.8, 4) is 0 Å². The zero-order chi connectivity index (χ0) is 40.9. The summed E-state index contributed by atoms with van der Waals surface area (Å²) < 4.78 is 23.4. The van der Waals surface area contributed by atoms with Gasteiger partial charge in [0.1, 0.15) is 13.2 Å². The predicted octanol–water partition coefficient (Wildman–Crippen LogP) is 10.2. The molecule has 2 unspecified atom stereocenters. The Morgan fingerprint density at radius 2 is 1.27 bits per heavy atom. The highest BCUT2D eigenvalue weighted by molar-refractivity contribution is 7.47. The molecule has 0 aliphatic heterocycles. The molecule has 0 heterocycles. The van der Waals surface area contributed by atoms with Crippen LogP contribution < -0.4 is 5.32 Å². The smallest absolute Gasteiger partial charge is 0.389 e. The second-order valence-electron chi connectivity index (χ2n) is 14.8. The second kappa shape index (κ2) is 35.8. The van der Waals surface area contributed by atoms with Crippen LogP contribution in [0.15, 0.2) is 97.2 Å². The molecule has 0 saturated carbocycles. The molecule has 0 aliphatic carbocycles. The number of rotatable bonds is 35. The zero-order valence-corrected chi connectivity index (χ0v) is 35.9. The van der Waals surface area contributed by atoms with Crippen molar-refractivity contribution in [3.63, 3.8) is 0 Å². The van der Waals surface area contributed by atoms with E-state index in [0.717, 1.165) is 57.8 Å². The van der Waals surface area contributed by atoms with Crippen molar-refractivity contribution in [2.75, 3.05) is 40.9 Å². The number of phosphoric acid groups is 1. The minimum atomic E-state index is -4.37. The van der Waals surface area contributed by atoms with Gasteiger partial charge in [-0.25, -0.2) is 4.57 Å². The Balaban J connectivity index is 4.68. The van der Waals surface area contributed by atoms with Gasteiger partial charge in [-0.2, -0.15) is 0 Å². The van der Waals surface area contributed by atoms with Crippen LogP contribution in [0.3, 0.4) is 0 Å². The molecule has 0 bridgehead atoms. The molecule has 0 fully saturated rings. The third-order valence-corrected chi connectivity index (χ3v) is 9.34. The molecule has 0 rings (SSSR count). The van der Waals surface area contributed by atoms with Crippen molar-refractivity contribution < 1.29 is 38.0 Å². The van der Waals surface area contributed by atoms with Gasteiger partial charge in [0, 0.05) is 6.42 Å². The van der Waals surface area contributed by atoms with Gasteiger partial charge in [0.25, 0.3) is 0 Å². The standard InChI is InChI=1S/C45H77N2O7P/c1-6-8-10-11-12-13-14-16-20-23-26-29-33-37-44(49)43(41-54-55(51,52)53-40-39-47(3,4)5)46-45(50)38-34-30-27-24-21-18-15-17-19-22-25-28-32-36-42(48)35-31-9-7-2/h9-11,17-19,21,25,27-28,30-33,36-37,42-44,48-49H,6-8,12-16,20,22-24,26,29,34-35,38-41H2,1-5H3,(H-,46,50,51,52)/p+1/b11-10-,19-17-,21-18-,28-25+,30-27-,31-9-,36-32+,37-33+/t42?,43-,44+/m0/s1. The van der Waals surface area contributed by atoms with E-state index in [1.165, 1.54) is 32.1 Å². The number of likely N-dealkylation sites (N-methyl/N-ethyl adjacent to an activating group) is 1. The van der Waals surface area contributed by atoms with Crippen LogP contribution >= 0.6 is 7.82 Å². The summed E-state index contributed by atoms with van der Waals surface area (Å²) in [6.07, 6.45) is 46.7. The lowest BCUT2D eigenvalue weighted by atomic mass is 10.1. The number of allylic oxidation sites excluding steroid dienone is 13. The lowest BCUT2D eigenvalue weighted by Gasteiger charge is -2.25. The van der Waals surface area contributed by atoms with Gasteiger partial charge in [-0.1, -0.05) is 143 Å². The SMILES string of the molecule is CC/C=C\CC(O)/C=C/C=C/C/C=C\C/C=C\C/C=C\CCC(=O)N[C@@H](COP(=O)(O)OCC[N+](C)(C)C)[C@H](O)/C=C/CCCCCCCC/C=C\CCC. The average Bonchev–Trinajstić information content (AvgIpc) is 3.13. The minimum Gasteiger partial charge on any atom is -0.389 e. The van der Waals surface area contributed by atoms with Gasteiger partial charge >= 0.3 is 7.82 Å². The van der Waals surface area contributed by atoms with Gasteiger partial charge in [-0.15, -0.1) is 0 Å². The molecule has 4 N–H and O–H groups in total. The van der Waals surface area contributed by atoms with Crippen molar-refractivity contribution in [1.82, 2.24) is 5.32 Å². The highest BCUT2D eigenvalue weighted by Crippen LogP contribution is 2.43. The molecular formula is C45H78N2O7P+. The number of hydrogen-bond donors (Lipinski definition) is 4. The lowest BCUT2D eigenvalue weighted by molar-refractivity contribution is -0.870. The van der Waals surface area contributed by atoms with E-state index >= 15 is 0 Å². The van der Waals surface area contributed by atoms with E-state index in [-0.39, 0.29) is 25.5 Å².